The SMILES string of the molecule is CC1(C)Cc2cccc(Br)c2C1N. The molecule has 0 heterocycles. The predicted molar refractivity (Wildman–Crippen MR) is 58.6 cm³/mol. The zero-order valence-corrected chi connectivity index (χ0v) is 9.56. The van der Waals surface area contributed by atoms with Crippen molar-refractivity contribution >= 4 is 15.9 Å². The summed E-state index contributed by atoms with van der Waals surface area (Å²) in [5.41, 5.74) is 9.09. The van der Waals surface area contributed by atoms with E-state index in [9.17, 15) is 0 Å². The first-order chi connectivity index (χ1) is 6.02. The Bertz CT molecular complexity index is 344. The molecule has 1 aliphatic carbocycles. The lowest BCUT2D eigenvalue weighted by molar-refractivity contribution is 0.318. The van der Waals surface area contributed by atoms with Crippen molar-refractivity contribution in [1.82, 2.24) is 0 Å². The lowest BCUT2D eigenvalue weighted by Gasteiger charge is -2.23. The third-order valence-corrected chi connectivity index (χ3v) is 3.63. The molecule has 0 spiro atoms. The minimum Gasteiger partial charge on any atom is -0.323 e. The second-order valence-electron chi connectivity index (χ2n) is 4.46. The van der Waals surface area contributed by atoms with E-state index in [4.69, 9.17) is 5.73 Å². The summed E-state index contributed by atoms with van der Waals surface area (Å²) in [5.74, 6) is 0. The Hall–Kier alpha value is -0.340. The standard InChI is InChI=1S/C11H14BrN/c1-11(2)6-7-4-3-5-8(12)9(7)10(11)13/h3-5,10H,6,13H2,1-2H3. The monoisotopic (exact) mass is 239 g/mol. The van der Waals surface area contributed by atoms with Crippen LogP contribution in [-0.4, -0.2) is 0 Å². The average molecular weight is 240 g/mol. The molecule has 1 aromatic carbocycles. The minimum absolute atomic E-state index is 0.165. The molecule has 2 N–H and O–H groups in total. The van der Waals surface area contributed by atoms with Gasteiger partial charge in [-0.2, -0.15) is 0 Å². The van der Waals surface area contributed by atoms with Gasteiger partial charge in [0.1, 0.15) is 0 Å². The average Bonchev–Trinajstić information content (AvgIpc) is 2.24. The topological polar surface area (TPSA) is 26.0 Å². The van der Waals surface area contributed by atoms with E-state index >= 15 is 0 Å². The number of hydrogen-bond donors (Lipinski definition) is 1. The highest BCUT2D eigenvalue weighted by atomic mass is 79.9. The molecule has 0 saturated heterocycles. The summed E-state index contributed by atoms with van der Waals surface area (Å²) in [6.07, 6.45) is 1.09. The van der Waals surface area contributed by atoms with Gasteiger partial charge in [0.15, 0.2) is 0 Å². The summed E-state index contributed by atoms with van der Waals surface area (Å²) in [7, 11) is 0. The van der Waals surface area contributed by atoms with Crippen LogP contribution in [0, 0.1) is 5.41 Å². The van der Waals surface area contributed by atoms with Crippen molar-refractivity contribution in [2.24, 2.45) is 11.1 Å². The summed E-state index contributed by atoms with van der Waals surface area (Å²) in [5, 5.41) is 0. The summed E-state index contributed by atoms with van der Waals surface area (Å²) < 4.78 is 1.16. The first kappa shape index (κ1) is 9.22. The van der Waals surface area contributed by atoms with Gasteiger partial charge in [0.2, 0.25) is 0 Å². The molecule has 2 rings (SSSR count). The molecule has 0 bridgehead atoms. The van der Waals surface area contributed by atoms with E-state index in [1.807, 2.05) is 0 Å². The van der Waals surface area contributed by atoms with Gasteiger partial charge in [-0.25, -0.2) is 0 Å². The molecule has 0 fully saturated rings. The van der Waals surface area contributed by atoms with Crippen LogP contribution in [0.25, 0.3) is 0 Å². The number of nitrogens with two attached hydrogens (primary N) is 1. The van der Waals surface area contributed by atoms with E-state index in [2.05, 4.69) is 48.0 Å². The molecular weight excluding hydrogens is 226 g/mol. The van der Waals surface area contributed by atoms with E-state index in [0.717, 1.165) is 10.9 Å². The molecule has 1 nitrogen and oxygen atoms in total. The highest BCUT2D eigenvalue weighted by molar-refractivity contribution is 9.10. The smallest absolute Gasteiger partial charge is 0.0364 e. The van der Waals surface area contributed by atoms with Gasteiger partial charge in [0.25, 0.3) is 0 Å². The maximum Gasteiger partial charge on any atom is 0.0364 e. The molecule has 0 saturated carbocycles. The van der Waals surface area contributed by atoms with Gasteiger partial charge in [-0.1, -0.05) is 41.9 Å². The van der Waals surface area contributed by atoms with Gasteiger partial charge in [0, 0.05) is 10.5 Å². The fourth-order valence-electron chi connectivity index (χ4n) is 2.08. The van der Waals surface area contributed by atoms with E-state index in [1.54, 1.807) is 0 Å². The van der Waals surface area contributed by atoms with Gasteiger partial charge >= 0.3 is 0 Å². The molecule has 0 amide bonds. The largest absolute Gasteiger partial charge is 0.323 e. The summed E-state index contributed by atoms with van der Waals surface area (Å²) in [6.45, 7) is 4.45. The van der Waals surface area contributed by atoms with Crippen LogP contribution in [0.3, 0.4) is 0 Å². The Morgan fingerprint density at radius 2 is 2.15 bits per heavy atom. The Balaban J connectivity index is 2.57. The van der Waals surface area contributed by atoms with Gasteiger partial charge in [-0.15, -0.1) is 0 Å². The highest BCUT2D eigenvalue weighted by Gasteiger charge is 2.37. The van der Waals surface area contributed by atoms with Crippen molar-refractivity contribution < 1.29 is 0 Å². The normalized spacial score (nSPS) is 24.5. The first-order valence-corrected chi connectivity index (χ1v) is 5.34. The zero-order valence-electron chi connectivity index (χ0n) is 7.97. The second kappa shape index (κ2) is 2.82. The molecule has 1 atom stereocenters. The van der Waals surface area contributed by atoms with Crippen LogP contribution < -0.4 is 5.73 Å². The van der Waals surface area contributed by atoms with Crippen LogP contribution in [-0.2, 0) is 6.42 Å². The van der Waals surface area contributed by atoms with Crippen molar-refractivity contribution in [3.05, 3.63) is 33.8 Å². The molecule has 13 heavy (non-hydrogen) atoms. The molecule has 1 aromatic rings. The third-order valence-electron chi connectivity index (χ3n) is 2.94. The van der Waals surface area contributed by atoms with Crippen LogP contribution in [0.2, 0.25) is 0 Å². The number of fused-ring (bicyclic) bond motifs is 1. The number of rotatable bonds is 0. The quantitative estimate of drug-likeness (QED) is 0.741. The molecule has 2 heteroatoms. The maximum atomic E-state index is 6.19. The molecule has 0 radical (unpaired) electrons. The van der Waals surface area contributed by atoms with Crippen molar-refractivity contribution in [3.8, 4) is 0 Å². The maximum absolute atomic E-state index is 6.19. The Morgan fingerprint density at radius 1 is 1.46 bits per heavy atom. The van der Waals surface area contributed by atoms with Crippen molar-refractivity contribution in [2.75, 3.05) is 0 Å². The van der Waals surface area contributed by atoms with Gasteiger partial charge in [0.05, 0.1) is 0 Å². The van der Waals surface area contributed by atoms with Crippen molar-refractivity contribution in [3.63, 3.8) is 0 Å². The van der Waals surface area contributed by atoms with Crippen LogP contribution >= 0.6 is 15.9 Å². The van der Waals surface area contributed by atoms with E-state index < -0.39 is 0 Å². The summed E-state index contributed by atoms with van der Waals surface area (Å²) in [6, 6.07) is 6.49. The fraction of sp³-hybridized carbons (Fsp3) is 0.455. The Morgan fingerprint density at radius 3 is 2.77 bits per heavy atom. The third kappa shape index (κ3) is 1.32. The fourth-order valence-corrected chi connectivity index (χ4v) is 2.73. The van der Waals surface area contributed by atoms with E-state index in [-0.39, 0.29) is 11.5 Å². The molecular formula is C11H14BrN. The highest BCUT2D eigenvalue weighted by Crippen LogP contribution is 2.46. The lowest BCUT2D eigenvalue weighted by Crippen LogP contribution is -2.24. The van der Waals surface area contributed by atoms with E-state index in [0.29, 0.717) is 0 Å². The summed E-state index contributed by atoms with van der Waals surface area (Å²) >= 11 is 3.56. The van der Waals surface area contributed by atoms with Gasteiger partial charge < -0.3 is 5.73 Å². The van der Waals surface area contributed by atoms with Crippen molar-refractivity contribution in [2.45, 2.75) is 26.3 Å². The number of benzene rings is 1. The minimum atomic E-state index is 0.165. The van der Waals surface area contributed by atoms with Gasteiger partial charge in [-0.05, 0) is 29.0 Å². The Labute approximate surface area is 87.5 Å². The van der Waals surface area contributed by atoms with Crippen LogP contribution in [0.5, 0.6) is 0 Å². The Kier molecular flexibility index (Phi) is 2.00. The molecule has 1 unspecified atom stereocenters. The first-order valence-electron chi connectivity index (χ1n) is 4.55. The van der Waals surface area contributed by atoms with Crippen LogP contribution in [0.15, 0.2) is 22.7 Å². The van der Waals surface area contributed by atoms with Crippen LogP contribution in [0.1, 0.15) is 31.0 Å². The molecule has 0 aliphatic heterocycles. The molecule has 70 valence electrons. The van der Waals surface area contributed by atoms with Crippen molar-refractivity contribution in [1.29, 1.82) is 0 Å². The summed E-state index contributed by atoms with van der Waals surface area (Å²) in [4.78, 5) is 0. The lowest BCUT2D eigenvalue weighted by atomic mass is 9.86. The van der Waals surface area contributed by atoms with Crippen LogP contribution in [0.4, 0.5) is 0 Å². The second-order valence-corrected chi connectivity index (χ2v) is 5.31. The molecule has 0 aromatic heterocycles. The molecule has 1 aliphatic rings. The van der Waals surface area contributed by atoms with E-state index in [1.165, 1.54) is 11.1 Å². The predicted octanol–water partition coefficient (Wildman–Crippen LogP) is 3.03. The zero-order chi connectivity index (χ0) is 9.64. The number of hydrogen-bond acceptors (Lipinski definition) is 1. The number of halogens is 1. The van der Waals surface area contributed by atoms with Gasteiger partial charge in [-0.3, -0.25) is 0 Å².